The molecule has 1 aliphatic rings. The number of carbonyl (C=O) groups is 1. The maximum atomic E-state index is 12.2. The molecule has 0 aromatic rings. The number of hydrogen-bond donors (Lipinski definition) is 1. The van der Waals surface area contributed by atoms with E-state index in [2.05, 4.69) is 4.18 Å². The third kappa shape index (κ3) is 3.78. The first kappa shape index (κ1) is 16.6. The number of halogens is 3. The molecular formula is C10H14F3NO5S. The molecule has 116 valence electrons. The van der Waals surface area contributed by atoms with Gasteiger partial charge in [0, 0.05) is 19.0 Å². The van der Waals surface area contributed by atoms with Crippen molar-refractivity contribution in [2.45, 2.75) is 25.3 Å². The molecule has 0 saturated carbocycles. The lowest BCUT2D eigenvalue weighted by Gasteiger charge is -2.30. The van der Waals surface area contributed by atoms with E-state index in [1.165, 1.54) is 6.92 Å². The normalized spacial score (nSPS) is 19.0. The van der Waals surface area contributed by atoms with Gasteiger partial charge < -0.3 is 14.2 Å². The van der Waals surface area contributed by atoms with Crippen molar-refractivity contribution in [3.8, 4) is 0 Å². The average molecular weight is 317 g/mol. The van der Waals surface area contributed by atoms with Crippen molar-refractivity contribution < 1.29 is 35.7 Å². The Morgan fingerprint density at radius 3 is 2.20 bits per heavy atom. The zero-order valence-corrected chi connectivity index (χ0v) is 11.4. The van der Waals surface area contributed by atoms with Crippen LogP contribution >= 0.6 is 0 Å². The number of piperidine rings is 1. The van der Waals surface area contributed by atoms with Crippen molar-refractivity contribution in [3.05, 3.63) is 11.8 Å². The first-order chi connectivity index (χ1) is 9.08. The van der Waals surface area contributed by atoms with E-state index >= 15 is 0 Å². The van der Waals surface area contributed by atoms with Crippen LogP contribution in [0.25, 0.3) is 0 Å². The van der Waals surface area contributed by atoms with Crippen LogP contribution in [0.2, 0.25) is 0 Å². The maximum absolute atomic E-state index is 12.2. The Bertz CT molecular complexity index is 492. The van der Waals surface area contributed by atoms with Gasteiger partial charge in [0.05, 0.1) is 0 Å². The van der Waals surface area contributed by atoms with E-state index in [0.717, 1.165) is 11.0 Å². The van der Waals surface area contributed by atoms with Crippen LogP contribution in [0.5, 0.6) is 0 Å². The molecule has 0 aromatic heterocycles. The molecule has 1 fully saturated rings. The molecule has 10 heteroatoms. The number of nitrogens with zero attached hydrogens (tertiary/aromatic N) is 1. The highest BCUT2D eigenvalue weighted by Gasteiger charge is 2.49. The molecule has 20 heavy (non-hydrogen) atoms. The van der Waals surface area contributed by atoms with Gasteiger partial charge in [-0.1, -0.05) is 0 Å². The van der Waals surface area contributed by atoms with Gasteiger partial charge in [-0.15, -0.1) is 0 Å². The van der Waals surface area contributed by atoms with Gasteiger partial charge in [-0.3, -0.25) is 0 Å². The van der Waals surface area contributed by atoms with Crippen molar-refractivity contribution in [1.82, 2.24) is 4.90 Å². The third-order valence-corrected chi connectivity index (χ3v) is 3.92. The van der Waals surface area contributed by atoms with Crippen molar-refractivity contribution in [2.24, 2.45) is 5.92 Å². The van der Waals surface area contributed by atoms with E-state index in [0.29, 0.717) is 0 Å². The molecule has 1 saturated heterocycles. The van der Waals surface area contributed by atoms with Crippen LogP contribution in [0.1, 0.15) is 19.8 Å². The molecule has 0 radical (unpaired) electrons. The topological polar surface area (TPSA) is 83.9 Å². The summed E-state index contributed by atoms with van der Waals surface area (Å²) in [5.41, 5.74) is -5.48. The predicted octanol–water partition coefficient (Wildman–Crippen LogP) is 2.15. The fourth-order valence-electron chi connectivity index (χ4n) is 1.88. The summed E-state index contributed by atoms with van der Waals surface area (Å²) >= 11 is 0. The smallest absolute Gasteiger partial charge is 0.465 e. The number of alkyl halides is 3. The van der Waals surface area contributed by atoms with E-state index in [4.69, 9.17) is 5.11 Å². The van der Waals surface area contributed by atoms with E-state index in [-0.39, 0.29) is 31.7 Å². The third-order valence-electron chi connectivity index (χ3n) is 2.94. The fraction of sp³-hybridized carbons (Fsp3) is 0.700. The molecule has 1 N–H and O–H groups in total. The molecular weight excluding hydrogens is 303 g/mol. The SMILES string of the molecule is C/C=C(/OS(=O)(=O)C(F)(F)F)C1CCN(C(=O)O)CC1. The summed E-state index contributed by atoms with van der Waals surface area (Å²) in [4.78, 5) is 11.8. The standard InChI is InChI=1S/C10H14F3NO5S/c1-2-8(19-20(17,18)10(11,12)13)7-3-5-14(6-4-7)9(15)16/h2,7H,3-6H2,1H3,(H,15,16)/b8-2+. The summed E-state index contributed by atoms with van der Waals surface area (Å²) in [7, 11) is -5.69. The number of carboxylic acid groups (broad SMARTS) is 1. The minimum atomic E-state index is -5.69. The minimum absolute atomic E-state index is 0.118. The highest BCUT2D eigenvalue weighted by Crippen LogP contribution is 2.32. The van der Waals surface area contributed by atoms with Crippen LogP contribution in [-0.4, -0.2) is 43.1 Å². The van der Waals surface area contributed by atoms with Crippen molar-refractivity contribution in [1.29, 1.82) is 0 Å². The van der Waals surface area contributed by atoms with Crippen LogP contribution in [-0.2, 0) is 14.3 Å². The molecule has 0 spiro atoms. The van der Waals surface area contributed by atoms with Crippen LogP contribution in [0, 0.1) is 5.92 Å². The Labute approximate surface area is 113 Å². The van der Waals surface area contributed by atoms with Gasteiger partial charge in [-0.25, -0.2) is 4.79 Å². The van der Waals surface area contributed by atoms with Crippen molar-refractivity contribution in [2.75, 3.05) is 13.1 Å². The summed E-state index contributed by atoms with van der Waals surface area (Å²) < 4.78 is 62.7. The molecule has 0 aromatic carbocycles. The second-order valence-electron chi connectivity index (χ2n) is 4.22. The molecule has 6 nitrogen and oxygen atoms in total. The highest BCUT2D eigenvalue weighted by atomic mass is 32.2. The van der Waals surface area contributed by atoms with Crippen molar-refractivity contribution in [3.63, 3.8) is 0 Å². The molecule has 1 rings (SSSR count). The molecule has 0 unspecified atom stereocenters. The lowest BCUT2D eigenvalue weighted by molar-refractivity contribution is -0.0528. The Hall–Kier alpha value is -1.45. The molecule has 1 amide bonds. The Morgan fingerprint density at radius 2 is 1.85 bits per heavy atom. The van der Waals surface area contributed by atoms with Crippen LogP contribution in [0.3, 0.4) is 0 Å². The zero-order valence-electron chi connectivity index (χ0n) is 10.6. The van der Waals surface area contributed by atoms with Gasteiger partial charge in [-0.2, -0.15) is 21.6 Å². The van der Waals surface area contributed by atoms with Crippen LogP contribution < -0.4 is 0 Å². The molecule has 0 bridgehead atoms. The van der Waals surface area contributed by atoms with Gasteiger partial charge >= 0.3 is 21.7 Å². The second kappa shape index (κ2) is 5.90. The largest absolute Gasteiger partial charge is 0.534 e. The second-order valence-corrected chi connectivity index (χ2v) is 5.76. The summed E-state index contributed by atoms with van der Waals surface area (Å²) in [6, 6.07) is 0. The van der Waals surface area contributed by atoms with Gasteiger partial charge in [0.15, 0.2) is 0 Å². The van der Waals surface area contributed by atoms with E-state index < -0.39 is 27.6 Å². The Balaban J connectivity index is 2.74. The van der Waals surface area contributed by atoms with Gasteiger partial charge in [-0.05, 0) is 25.8 Å². The zero-order chi connectivity index (χ0) is 15.6. The van der Waals surface area contributed by atoms with Crippen LogP contribution in [0.4, 0.5) is 18.0 Å². The summed E-state index contributed by atoms with van der Waals surface area (Å²) in [5, 5.41) is 8.75. The van der Waals surface area contributed by atoms with E-state index in [9.17, 15) is 26.4 Å². The number of rotatable bonds is 3. The monoisotopic (exact) mass is 317 g/mol. The maximum Gasteiger partial charge on any atom is 0.534 e. The predicted molar refractivity (Wildman–Crippen MR) is 62.1 cm³/mol. The molecule has 1 aliphatic heterocycles. The van der Waals surface area contributed by atoms with Gasteiger partial charge in [0.1, 0.15) is 5.76 Å². The summed E-state index contributed by atoms with van der Waals surface area (Å²) in [6.45, 7) is 1.60. The lowest BCUT2D eigenvalue weighted by atomic mass is 9.95. The number of hydrogen-bond acceptors (Lipinski definition) is 4. The average Bonchev–Trinajstić information content (AvgIpc) is 2.34. The quantitative estimate of drug-likeness (QED) is 0.490. The molecule has 0 aliphatic carbocycles. The fourth-order valence-corrected chi connectivity index (χ4v) is 2.46. The van der Waals surface area contributed by atoms with E-state index in [1.54, 1.807) is 0 Å². The van der Waals surface area contributed by atoms with E-state index in [1.807, 2.05) is 0 Å². The van der Waals surface area contributed by atoms with Crippen molar-refractivity contribution >= 4 is 16.2 Å². The number of likely N-dealkylation sites (tertiary alicyclic amines) is 1. The van der Waals surface area contributed by atoms with Crippen LogP contribution in [0.15, 0.2) is 11.8 Å². The first-order valence-corrected chi connectivity index (χ1v) is 7.14. The molecule has 0 atom stereocenters. The number of allylic oxidation sites excluding steroid dienone is 2. The Morgan fingerprint density at radius 1 is 1.35 bits per heavy atom. The summed E-state index contributed by atoms with van der Waals surface area (Å²) in [6.07, 6.45) is 0.456. The summed E-state index contributed by atoms with van der Waals surface area (Å²) in [5.74, 6) is -0.847. The minimum Gasteiger partial charge on any atom is -0.465 e. The molecule has 1 heterocycles. The number of amides is 1. The van der Waals surface area contributed by atoms with Gasteiger partial charge in [0.25, 0.3) is 0 Å². The first-order valence-electron chi connectivity index (χ1n) is 5.73. The Kier molecular flexibility index (Phi) is 4.90. The lowest BCUT2D eigenvalue weighted by Crippen LogP contribution is -2.38. The highest BCUT2D eigenvalue weighted by molar-refractivity contribution is 7.87. The van der Waals surface area contributed by atoms with Gasteiger partial charge in [0.2, 0.25) is 0 Å².